The number of nitrogens with zero attached hydrogens (tertiary/aromatic N) is 3. The Morgan fingerprint density at radius 3 is 2.21 bits per heavy atom. The van der Waals surface area contributed by atoms with Gasteiger partial charge in [-0.1, -0.05) is 18.2 Å². The molecule has 0 unspecified atom stereocenters. The Hall–Kier alpha value is -2.73. The standard InChI is InChI=1S/C23H29N3O3/c1-28-21-14-18-8-9-26(16-19(18)15-22(21)29-2)23(27)17-24-10-12-25(13-11-24)20-6-4-3-5-7-20/h3-7,14-15H,8-13,16-17H2,1-2H3. The first-order valence-corrected chi connectivity index (χ1v) is 10.2. The fourth-order valence-corrected chi connectivity index (χ4v) is 4.19. The molecule has 0 saturated carbocycles. The van der Waals surface area contributed by atoms with Gasteiger partial charge in [-0.2, -0.15) is 0 Å². The SMILES string of the molecule is COc1cc2c(cc1OC)CN(C(=O)CN1CCN(c3ccccc3)CC1)CC2. The monoisotopic (exact) mass is 395 g/mol. The minimum Gasteiger partial charge on any atom is -0.493 e. The molecule has 29 heavy (non-hydrogen) atoms. The van der Waals surface area contributed by atoms with Gasteiger partial charge >= 0.3 is 0 Å². The molecule has 2 aliphatic rings. The Labute approximate surface area is 172 Å². The van der Waals surface area contributed by atoms with Gasteiger partial charge in [0, 0.05) is 45.0 Å². The average molecular weight is 396 g/mol. The van der Waals surface area contributed by atoms with Gasteiger partial charge in [0.2, 0.25) is 5.91 Å². The number of benzene rings is 2. The summed E-state index contributed by atoms with van der Waals surface area (Å²) in [5.74, 6) is 1.68. The molecular formula is C23H29N3O3. The van der Waals surface area contributed by atoms with Crippen molar-refractivity contribution in [2.45, 2.75) is 13.0 Å². The molecule has 0 N–H and O–H groups in total. The highest BCUT2D eigenvalue weighted by molar-refractivity contribution is 5.78. The molecule has 0 bridgehead atoms. The maximum Gasteiger partial charge on any atom is 0.237 e. The molecule has 1 fully saturated rings. The van der Waals surface area contributed by atoms with Crippen LogP contribution in [-0.4, -0.2) is 69.2 Å². The van der Waals surface area contributed by atoms with Gasteiger partial charge in [-0.05, 0) is 41.8 Å². The summed E-state index contributed by atoms with van der Waals surface area (Å²) in [5, 5.41) is 0. The fraction of sp³-hybridized carbons (Fsp3) is 0.435. The van der Waals surface area contributed by atoms with E-state index in [4.69, 9.17) is 9.47 Å². The Kier molecular flexibility index (Phi) is 5.90. The van der Waals surface area contributed by atoms with Crippen molar-refractivity contribution in [3.05, 3.63) is 53.6 Å². The molecule has 0 aliphatic carbocycles. The third kappa shape index (κ3) is 4.32. The van der Waals surface area contributed by atoms with E-state index in [9.17, 15) is 4.79 Å². The lowest BCUT2D eigenvalue weighted by molar-refractivity contribution is -0.133. The molecule has 0 spiro atoms. The normalized spacial score (nSPS) is 17.0. The minimum atomic E-state index is 0.207. The van der Waals surface area contributed by atoms with Crippen LogP contribution in [0.25, 0.3) is 0 Å². The van der Waals surface area contributed by atoms with Gasteiger partial charge in [0.1, 0.15) is 0 Å². The lowest BCUT2D eigenvalue weighted by Crippen LogP contribution is -2.50. The molecule has 2 aliphatic heterocycles. The molecule has 4 rings (SSSR count). The van der Waals surface area contributed by atoms with Gasteiger partial charge in [-0.3, -0.25) is 9.69 Å². The number of hydrogen-bond donors (Lipinski definition) is 0. The van der Waals surface area contributed by atoms with Gasteiger partial charge in [0.15, 0.2) is 11.5 Å². The fourth-order valence-electron chi connectivity index (χ4n) is 4.19. The van der Waals surface area contributed by atoms with E-state index >= 15 is 0 Å². The average Bonchev–Trinajstić information content (AvgIpc) is 2.78. The summed E-state index contributed by atoms with van der Waals surface area (Å²) in [6.45, 7) is 5.62. The van der Waals surface area contributed by atoms with Crippen LogP contribution in [0.15, 0.2) is 42.5 Å². The lowest BCUT2D eigenvalue weighted by Gasteiger charge is -2.37. The molecular weight excluding hydrogens is 366 g/mol. The van der Waals surface area contributed by atoms with E-state index in [1.54, 1.807) is 14.2 Å². The molecule has 6 nitrogen and oxygen atoms in total. The van der Waals surface area contributed by atoms with Gasteiger partial charge in [-0.15, -0.1) is 0 Å². The van der Waals surface area contributed by atoms with Gasteiger partial charge in [0.25, 0.3) is 0 Å². The quantitative estimate of drug-likeness (QED) is 0.778. The number of piperazine rings is 1. The van der Waals surface area contributed by atoms with Crippen molar-refractivity contribution in [2.75, 3.05) is 58.4 Å². The Balaban J connectivity index is 1.33. The van der Waals surface area contributed by atoms with Crippen LogP contribution < -0.4 is 14.4 Å². The smallest absolute Gasteiger partial charge is 0.237 e. The zero-order valence-electron chi connectivity index (χ0n) is 17.3. The number of carbonyl (C=O) groups is 1. The Morgan fingerprint density at radius 2 is 1.55 bits per heavy atom. The van der Waals surface area contributed by atoms with Crippen LogP contribution in [0.4, 0.5) is 5.69 Å². The van der Waals surface area contributed by atoms with Crippen LogP contribution in [0.2, 0.25) is 0 Å². The highest BCUT2D eigenvalue weighted by Gasteiger charge is 2.25. The highest BCUT2D eigenvalue weighted by atomic mass is 16.5. The number of anilines is 1. The van der Waals surface area contributed by atoms with E-state index in [1.165, 1.54) is 11.3 Å². The van der Waals surface area contributed by atoms with Gasteiger partial charge < -0.3 is 19.3 Å². The van der Waals surface area contributed by atoms with Crippen molar-refractivity contribution >= 4 is 11.6 Å². The molecule has 0 radical (unpaired) electrons. The molecule has 2 aromatic carbocycles. The minimum absolute atomic E-state index is 0.207. The molecule has 1 saturated heterocycles. The number of fused-ring (bicyclic) bond motifs is 1. The third-order valence-corrected chi connectivity index (χ3v) is 5.92. The first kappa shape index (κ1) is 19.6. The van der Waals surface area contributed by atoms with Crippen molar-refractivity contribution < 1.29 is 14.3 Å². The van der Waals surface area contributed by atoms with E-state index in [-0.39, 0.29) is 5.91 Å². The topological polar surface area (TPSA) is 45.3 Å². The second-order valence-electron chi connectivity index (χ2n) is 7.64. The number of methoxy groups -OCH3 is 2. The maximum absolute atomic E-state index is 12.9. The summed E-state index contributed by atoms with van der Waals surface area (Å²) in [6, 6.07) is 14.5. The summed E-state index contributed by atoms with van der Waals surface area (Å²) >= 11 is 0. The van der Waals surface area contributed by atoms with Crippen molar-refractivity contribution in [1.82, 2.24) is 9.80 Å². The summed E-state index contributed by atoms with van der Waals surface area (Å²) in [6.07, 6.45) is 0.850. The van der Waals surface area contributed by atoms with E-state index < -0.39 is 0 Å². The number of carbonyl (C=O) groups excluding carboxylic acids is 1. The first-order valence-electron chi connectivity index (χ1n) is 10.2. The molecule has 1 amide bonds. The predicted octanol–water partition coefficient (Wildman–Crippen LogP) is 2.41. The zero-order valence-corrected chi connectivity index (χ0v) is 17.3. The number of ether oxygens (including phenoxy) is 2. The highest BCUT2D eigenvalue weighted by Crippen LogP contribution is 2.33. The van der Waals surface area contributed by atoms with E-state index in [2.05, 4.69) is 34.1 Å². The second-order valence-corrected chi connectivity index (χ2v) is 7.64. The third-order valence-electron chi connectivity index (χ3n) is 5.92. The summed E-state index contributed by atoms with van der Waals surface area (Å²) in [7, 11) is 3.30. The molecule has 0 atom stereocenters. The first-order chi connectivity index (χ1) is 14.2. The van der Waals surface area contributed by atoms with Crippen molar-refractivity contribution in [3.63, 3.8) is 0 Å². The molecule has 154 valence electrons. The van der Waals surface area contributed by atoms with E-state index in [0.29, 0.717) is 13.1 Å². The number of hydrogen-bond acceptors (Lipinski definition) is 5. The van der Waals surface area contributed by atoms with Gasteiger partial charge in [-0.25, -0.2) is 0 Å². The van der Waals surface area contributed by atoms with Crippen molar-refractivity contribution in [3.8, 4) is 11.5 Å². The maximum atomic E-state index is 12.9. The summed E-state index contributed by atoms with van der Waals surface area (Å²) in [5.41, 5.74) is 3.65. The Bertz CT molecular complexity index is 848. The van der Waals surface area contributed by atoms with Crippen LogP contribution >= 0.6 is 0 Å². The predicted molar refractivity (Wildman–Crippen MR) is 114 cm³/mol. The Morgan fingerprint density at radius 1 is 0.897 bits per heavy atom. The lowest BCUT2D eigenvalue weighted by atomic mass is 9.98. The van der Waals surface area contributed by atoms with Crippen LogP contribution in [-0.2, 0) is 17.8 Å². The molecule has 2 aromatic rings. The zero-order chi connectivity index (χ0) is 20.2. The van der Waals surface area contributed by atoms with Crippen molar-refractivity contribution in [1.29, 1.82) is 0 Å². The summed E-state index contributed by atoms with van der Waals surface area (Å²) < 4.78 is 10.8. The largest absolute Gasteiger partial charge is 0.493 e. The molecule has 2 heterocycles. The van der Waals surface area contributed by atoms with Crippen molar-refractivity contribution in [2.24, 2.45) is 0 Å². The number of para-hydroxylation sites is 1. The molecule has 6 heteroatoms. The number of rotatable bonds is 5. The van der Waals surface area contributed by atoms with Gasteiger partial charge in [0.05, 0.1) is 20.8 Å². The summed E-state index contributed by atoms with van der Waals surface area (Å²) in [4.78, 5) is 19.5. The van der Waals surface area contributed by atoms with Crippen LogP contribution in [0.1, 0.15) is 11.1 Å². The van der Waals surface area contributed by atoms with E-state index in [0.717, 1.165) is 56.2 Å². The van der Waals surface area contributed by atoms with E-state index in [1.807, 2.05) is 23.1 Å². The second kappa shape index (κ2) is 8.74. The van der Waals surface area contributed by atoms with Crippen LogP contribution in [0.3, 0.4) is 0 Å². The molecule has 0 aromatic heterocycles. The van der Waals surface area contributed by atoms with Crippen LogP contribution in [0, 0.1) is 0 Å². The number of amides is 1. The van der Waals surface area contributed by atoms with Crippen LogP contribution in [0.5, 0.6) is 11.5 Å².